The summed E-state index contributed by atoms with van der Waals surface area (Å²) in [6.07, 6.45) is 2.40. The van der Waals surface area contributed by atoms with Gasteiger partial charge in [-0.1, -0.05) is 6.92 Å². The molecule has 0 radical (unpaired) electrons. The third kappa shape index (κ3) is 1.85. The molecule has 1 unspecified atom stereocenters. The Morgan fingerprint density at radius 1 is 1.53 bits per heavy atom. The summed E-state index contributed by atoms with van der Waals surface area (Å²) < 4.78 is 4.69. The van der Waals surface area contributed by atoms with Crippen molar-refractivity contribution in [3.63, 3.8) is 0 Å². The summed E-state index contributed by atoms with van der Waals surface area (Å²) >= 11 is 0. The van der Waals surface area contributed by atoms with Crippen LogP contribution in [0.4, 0.5) is 0 Å². The van der Waals surface area contributed by atoms with Gasteiger partial charge < -0.3 is 15.0 Å². The Hall–Kier alpha value is -2.04. The summed E-state index contributed by atoms with van der Waals surface area (Å²) in [4.78, 5) is 26.5. The molecule has 102 valence electrons. The highest BCUT2D eigenvalue weighted by atomic mass is 16.5. The second kappa shape index (κ2) is 4.57. The molecule has 2 N–H and O–H groups in total. The van der Waals surface area contributed by atoms with Gasteiger partial charge in [0.05, 0.1) is 12.8 Å². The number of allylic oxidation sites excluding steroid dienone is 2. The SMILES string of the molecule is CCC1(C)C(NC)=CC(=O)c2[nH]c(C(=O)OC)cc21. The molecule has 1 atom stereocenters. The Labute approximate surface area is 112 Å². The second-order valence-corrected chi connectivity index (χ2v) is 4.82. The van der Waals surface area contributed by atoms with Crippen molar-refractivity contribution in [2.24, 2.45) is 0 Å². The normalized spacial score (nSPS) is 21.7. The number of hydrogen-bond acceptors (Lipinski definition) is 4. The lowest BCUT2D eigenvalue weighted by molar-refractivity contribution is 0.0594. The molecule has 0 spiro atoms. The topological polar surface area (TPSA) is 71.2 Å². The quantitative estimate of drug-likeness (QED) is 0.814. The van der Waals surface area contributed by atoms with Gasteiger partial charge in [0, 0.05) is 24.2 Å². The lowest BCUT2D eigenvalue weighted by Gasteiger charge is -2.34. The summed E-state index contributed by atoms with van der Waals surface area (Å²) in [6, 6.07) is 1.72. The zero-order valence-corrected chi connectivity index (χ0v) is 11.6. The van der Waals surface area contributed by atoms with E-state index in [2.05, 4.69) is 24.1 Å². The van der Waals surface area contributed by atoms with E-state index in [0.29, 0.717) is 11.4 Å². The number of aromatic nitrogens is 1. The molecule has 1 aromatic rings. The molecule has 1 heterocycles. The number of ether oxygens (including phenoxy) is 1. The summed E-state index contributed by atoms with van der Waals surface area (Å²) in [5.74, 6) is -0.591. The predicted octanol–water partition coefficient (Wildman–Crippen LogP) is 1.77. The summed E-state index contributed by atoms with van der Waals surface area (Å²) in [6.45, 7) is 4.10. The van der Waals surface area contributed by atoms with Crippen molar-refractivity contribution < 1.29 is 14.3 Å². The van der Waals surface area contributed by atoms with Crippen LogP contribution in [0, 0.1) is 0 Å². The van der Waals surface area contributed by atoms with Crippen LogP contribution in [-0.4, -0.2) is 30.9 Å². The Morgan fingerprint density at radius 2 is 2.21 bits per heavy atom. The number of ketones is 1. The molecule has 0 saturated carbocycles. The molecule has 1 aromatic heterocycles. The van der Waals surface area contributed by atoms with Crippen LogP contribution in [0.2, 0.25) is 0 Å². The van der Waals surface area contributed by atoms with Crippen LogP contribution >= 0.6 is 0 Å². The van der Waals surface area contributed by atoms with Gasteiger partial charge in [0.2, 0.25) is 5.78 Å². The van der Waals surface area contributed by atoms with E-state index in [4.69, 9.17) is 4.74 Å². The highest BCUT2D eigenvalue weighted by molar-refractivity contribution is 6.08. The standard InChI is InChI=1S/C14H18N2O3/c1-5-14(2)8-6-9(13(18)19-4)16-12(8)10(17)7-11(14)15-3/h6-7,15-16H,5H2,1-4H3. The highest BCUT2D eigenvalue weighted by Gasteiger charge is 2.38. The van der Waals surface area contributed by atoms with Gasteiger partial charge >= 0.3 is 5.97 Å². The van der Waals surface area contributed by atoms with E-state index >= 15 is 0 Å². The largest absolute Gasteiger partial charge is 0.464 e. The lowest BCUT2D eigenvalue weighted by atomic mass is 9.73. The molecule has 19 heavy (non-hydrogen) atoms. The minimum absolute atomic E-state index is 0.125. The molecule has 0 aromatic carbocycles. The number of methoxy groups -OCH3 is 1. The van der Waals surface area contributed by atoms with Crippen molar-refractivity contribution in [2.45, 2.75) is 25.7 Å². The fraction of sp³-hybridized carbons (Fsp3) is 0.429. The average Bonchev–Trinajstić information content (AvgIpc) is 2.88. The van der Waals surface area contributed by atoms with Crippen LogP contribution in [0.3, 0.4) is 0 Å². The molecule has 0 fully saturated rings. The van der Waals surface area contributed by atoms with Gasteiger partial charge in [-0.05, 0) is 25.0 Å². The molecule has 0 aliphatic heterocycles. The van der Waals surface area contributed by atoms with E-state index in [0.717, 1.165) is 17.7 Å². The van der Waals surface area contributed by atoms with E-state index in [1.54, 1.807) is 19.2 Å². The summed E-state index contributed by atoms with van der Waals surface area (Å²) in [5.41, 5.74) is 2.19. The number of carbonyl (C=O) groups is 2. The Kier molecular flexibility index (Phi) is 3.22. The fourth-order valence-corrected chi connectivity index (χ4v) is 2.54. The van der Waals surface area contributed by atoms with Gasteiger partial charge in [-0.3, -0.25) is 4.79 Å². The van der Waals surface area contributed by atoms with Crippen molar-refractivity contribution in [3.05, 3.63) is 34.8 Å². The van der Waals surface area contributed by atoms with Gasteiger partial charge in [0.1, 0.15) is 5.69 Å². The van der Waals surface area contributed by atoms with E-state index in [1.807, 2.05) is 0 Å². The zero-order chi connectivity index (χ0) is 14.2. The maximum absolute atomic E-state index is 12.1. The Balaban J connectivity index is 2.60. The van der Waals surface area contributed by atoms with Gasteiger partial charge in [0.25, 0.3) is 0 Å². The number of esters is 1. The molecule has 5 nitrogen and oxygen atoms in total. The highest BCUT2D eigenvalue weighted by Crippen LogP contribution is 2.39. The molecule has 0 bridgehead atoms. The molecule has 2 rings (SSSR count). The van der Waals surface area contributed by atoms with E-state index < -0.39 is 5.97 Å². The maximum Gasteiger partial charge on any atom is 0.354 e. The van der Waals surface area contributed by atoms with E-state index in [-0.39, 0.29) is 11.2 Å². The van der Waals surface area contributed by atoms with Gasteiger partial charge in [-0.15, -0.1) is 0 Å². The van der Waals surface area contributed by atoms with Crippen molar-refractivity contribution in [2.75, 3.05) is 14.2 Å². The first-order valence-electron chi connectivity index (χ1n) is 6.24. The smallest absolute Gasteiger partial charge is 0.354 e. The first-order valence-corrected chi connectivity index (χ1v) is 6.24. The van der Waals surface area contributed by atoms with Crippen molar-refractivity contribution >= 4 is 11.8 Å². The van der Waals surface area contributed by atoms with Crippen LogP contribution in [0.15, 0.2) is 17.8 Å². The second-order valence-electron chi connectivity index (χ2n) is 4.82. The number of H-pyrrole nitrogens is 1. The third-order valence-corrected chi connectivity index (χ3v) is 3.91. The minimum atomic E-state index is -0.466. The fourth-order valence-electron chi connectivity index (χ4n) is 2.54. The summed E-state index contributed by atoms with van der Waals surface area (Å²) in [5, 5.41) is 3.08. The summed E-state index contributed by atoms with van der Waals surface area (Å²) in [7, 11) is 3.12. The molecular weight excluding hydrogens is 244 g/mol. The monoisotopic (exact) mass is 262 g/mol. The Morgan fingerprint density at radius 3 is 2.74 bits per heavy atom. The Bertz CT molecular complexity index is 571. The van der Waals surface area contributed by atoms with Crippen LogP contribution in [0.1, 0.15) is 46.8 Å². The number of likely N-dealkylation sites (N-methyl/N-ethyl adjacent to an activating group) is 1. The number of rotatable bonds is 3. The number of carbonyl (C=O) groups excluding carboxylic acids is 2. The number of fused-ring (bicyclic) bond motifs is 1. The number of aromatic amines is 1. The molecule has 5 heteroatoms. The number of nitrogens with one attached hydrogen (secondary N) is 2. The molecule has 1 aliphatic rings. The van der Waals surface area contributed by atoms with Crippen LogP contribution in [0.25, 0.3) is 0 Å². The van der Waals surface area contributed by atoms with Crippen molar-refractivity contribution in [3.8, 4) is 0 Å². The van der Waals surface area contributed by atoms with E-state index in [1.165, 1.54) is 7.11 Å². The van der Waals surface area contributed by atoms with Crippen molar-refractivity contribution in [1.29, 1.82) is 0 Å². The number of hydrogen-bond donors (Lipinski definition) is 2. The molecule has 0 amide bonds. The maximum atomic E-state index is 12.1. The van der Waals surface area contributed by atoms with E-state index in [9.17, 15) is 9.59 Å². The molecule has 0 saturated heterocycles. The third-order valence-electron chi connectivity index (χ3n) is 3.91. The van der Waals surface area contributed by atoms with Crippen molar-refractivity contribution in [1.82, 2.24) is 10.3 Å². The zero-order valence-electron chi connectivity index (χ0n) is 11.6. The molecular formula is C14H18N2O3. The van der Waals surface area contributed by atoms with Gasteiger partial charge in [-0.2, -0.15) is 0 Å². The van der Waals surface area contributed by atoms with Gasteiger partial charge in [-0.25, -0.2) is 4.79 Å². The first kappa shape index (κ1) is 13.4. The minimum Gasteiger partial charge on any atom is -0.464 e. The van der Waals surface area contributed by atoms with Crippen LogP contribution in [0.5, 0.6) is 0 Å². The van der Waals surface area contributed by atoms with Crippen LogP contribution in [-0.2, 0) is 10.2 Å². The first-order chi connectivity index (χ1) is 8.97. The lowest BCUT2D eigenvalue weighted by Crippen LogP contribution is -2.35. The predicted molar refractivity (Wildman–Crippen MR) is 71.2 cm³/mol. The average molecular weight is 262 g/mol. The molecule has 1 aliphatic carbocycles. The van der Waals surface area contributed by atoms with Crippen LogP contribution < -0.4 is 5.32 Å². The van der Waals surface area contributed by atoms with Gasteiger partial charge in [0.15, 0.2) is 0 Å².